The van der Waals surface area contributed by atoms with Crippen molar-refractivity contribution in [3.05, 3.63) is 59.7 Å². The summed E-state index contributed by atoms with van der Waals surface area (Å²) >= 11 is 3.37. The third-order valence-electron chi connectivity index (χ3n) is 3.14. The maximum Gasteiger partial charge on any atom is 0.240 e. The number of carbonyl (C=O) groups is 1. The number of amides is 1. The largest absolute Gasteiger partial charge is 0.273 e. The van der Waals surface area contributed by atoms with Gasteiger partial charge in [-0.2, -0.15) is 5.10 Å². The van der Waals surface area contributed by atoms with Crippen molar-refractivity contribution >= 4 is 35.6 Å². The predicted molar refractivity (Wildman–Crippen MR) is 100 cm³/mol. The van der Waals surface area contributed by atoms with Crippen molar-refractivity contribution in [1.29, 1.82) is 0 Å². The highest BCUT2D eigenvalue weighted by atomic mass is 32.2. The second-order valence-electron chi connectivity index (χ2n) is 4.98. The fraction of sp³-hybridized carbons (Fsp3) is 0.222. The Balaban J connectivity index is 1.69. The van der Waals surface area contributed by atoms with Gasteiger partial charge >= 0.3 is 0 Å². The lowest BCUT2D eigenvalue weighted by Gasteiger charge is -2.02. The molecule has 2 aromatic rings. The monoisotopic (exact) mass is 344 g/mol. The molecule has 23 heavy (non-hydrogen) atoms. The first-order valence-corrected chi connectivity index (χ1v) is 9.54. The van der Waals surface area contributed by atoms with E-state index in [9.17, 15) is 4.79 Å². The molecule has 0 aliphatic carbocycles. The van der Waals surface area contributed by atoms with Crippen LogP contribution in [0.2, 0.25) is 0 Å². The van der Waals surface area contributed by atoms with Crippen LogP contribution in [0, 0.1) is 6.92 Å². The van der Waals surface area contributed by atoms with Gasteiger partial charge in [-0.25, -0.2) is 5.43 Å². The Morgan fingerprint density at radius 3 is 2.39 bits per heavy atom. The lowest BCUT2D eigenvalue weighted by molar-refractivity contribution is -0.120. The Hall–Kier alpha value is -1.72. The zero-order valence-corrected chi connectivity index (χ0v) is 14.9. The van der Waals surface area contributed by atoms with Gasteiger partial charge < -0.3 is 0 Å². The van der Waals surface area contributed by atoms with Crippen LogP contribution in [0.15, 0.2) is 63.4 Å². The Morgan fingerprint density at radius 1 is 1.09 bits per heavy atom. The average Bonchev–Trinajstić information content (AvgIpc) is 2.57. The molecule has 0 fully saturated rings. The van der Waals surface area contributed by atoms with E-state index in [1.54, 1.807) is 29.7 Å². The van der Waals surface area contributed by atoms with E-state index >= 15 is 0 Å². The van der Waals surface area contributed by atoms with Gasteiger partial charge in [-0.1, -0.05) is 29.8 Å². The number of aryl methyl sites for hydroxylation is 1. The first-order chi connectivity index (χ1) is 11.2. The number of rotatable bonds is 7. The maximum atomic E-state index is 11.7. The highest BCUT2D eigenvalue weighted by Crippen LogP contribution is 2.18. The molecule has 2 rings (SSSR count). The summed E-state index contributed by atoms with van der Waals surface area (Å²) in [6.07, 6.45) is 4.15. The van der Waals surface area contributed by atoms with Gasteiger partial charge in [-0.3, -0.25) is 4.79 Å². The van der Waals surface area contributed by atoms with E-state index in [0.717, 1.165) is 11.3 Å². The molecule has 0 heterocycles. The lowest BCUT2D eigenvalue weighted by atomic mass is 10.2. The summed E-state index contributed by atoms with van der Waals surface area (Å²) in [6, 6.07) is 16.3. The summed E-state index contributed by atoms with van der Waals surface area (Å²) in [5.41, 5.74) is 4.78. The van der Waals surface area contributed by atoms with Crippen molar-refractivity contribution in [3.63, 3.8) is 0 Å². The van der Waals surface area contributed by atoms with Crippen LogP contribution >= 0.6 is 23.5 Å². The molecule has 0 bridgehead atoms. The summed E-state index contributed by atoms with van der Waals surface area (Å²) in [5.74, 6) is 0.675. The number of benzene rings is 2. The number of hydrazone groups is 1. The second kappa shape index (κ2) is 9.43. The number of thioether (sulfide) groups is 2. The van der Waals surface area contributed by atoms with Crippen LogP contribution in [-0.2, 0) is 4.79 Å². The smallest absolute Gasteiger partial charge is 0.240 e. The van der Waals surface area contributed by atoms with Crippen LogP contribution in [-0.4, -0.2) is 24.1 Å². The van der Waals surface area contributed by atoms with E-state index in [0.29, 0.717) is 6.42 Å². The summed E-state index contributed by atoms with van der Waals surface area (Å²) in [6.45, 7) is 2.06. The minimum Gasteiger partial charge on any atom is -0.273 e. The highest BCUT2D eigenvalue weighted by molar-refractivity contribution is 7.99. The molecule has 0 aliphatic rings. The Bertz CT molecular complexity index is 652. The van der Waals surface area contributed by atoms with Crippen molar-refractivity contribution in [3.8, 4) is 0 Å². The SMILES string of the molecule is CSc1ccc(/C=N\NC(=O)CCSc2ccc(C)cc2)cc1. The summed E-state index contributed by atoms with van der Waals surface area (Å²) < 4.78 is 0. The molecule has 0 radical (unpaired) electrons. The van der Waals surface area contributed by atoms with E-state index in [2.05, 4.69) is 41.7 Å². The lowest BCUT2D eigenvalue weighted by Crippen LogP contribution is -2.17. The Labute approximate surface area is 146 Å². The fourth-order valence-electron chi connectivity index (χ4n) is 1.82. The minimum atomic E-state index is -0.0680. The topological polar surface area (TPSA) is 41.5 Å². The standard InChI is InChI=1S/C18H20N2OS2/c1-14-3-7-17(8-4-14)23-12-11-18(21)20-19-13-15-5-9-16(22-2)10-6-15/h3-10,13H,11-12H2,1-2H3,(H,20,21)/b19-13-. The molecule has 3 nitrogen and oxygen atoms in total. The number of nitrogens with one attached hydrogen (secondary N) is 1. The zero-order valence-electron chi connectivity index (χ0n) is 13.3. The molecule has 0 saturated carbocycles. The van der Waals surface area contributed by atoms with Gasteiger partial charge in [0.2, 0.25) is 5.91 Å². The van der Waals surface area contributed by atoms with Gasteiger partial charge in [-0.05, 0) is 43.0 Å². The molecule has 0 unspecified atom stereocenters. The van der Waals surface area contributed by atoms with Gasteiger partial charge in [0.05, 0.1) is 6.21 Å². The van der Waals surface area contributed by atoms with Crippen molar-refractivity contribution < 1.29 is 4.79 Å². The third-order valence-corrected chi connectivity index (χ3v) is 4.89. The molecular formula is C18H20N2OS2. The first-order valence-electron chi connectivity index (χ1n) is 7.33. The van der Waals surface area contributed by atoms with Crippen molar-refractivity contribution in [2.45, 2.75) is 23.1 Å². The van der Waals surface area contributed by atoms with Gasteiger partial charge in [0.25, 0.3) is 0 Å². The molecule has 0 aromatic heterocycles. The Morgan fingerprint density at radius 2 is 1.74 bits per heavy atom. The summed E-state index contributed by atoms with van der Waals surface area (Å²) in [4.78, 5) is 14.1. The molecule has 0 spiro atoms. The molecule has 120 valence electrons. The van der Waals surface area contributed by atoms with Gasteiger partial charge in [0.15, 0.2) is 0 Å². The maximum absolute atomic E-state index is 11.7. The van der Waals surface area contributed by atoms with E-state index in [1.807, 2.05) is 30.5 Å². The van der Waals surface area contributed by atoms with Crippen molar-refractivity contribution in [1.82, 2.24) is 5.43 Å². The van der Waals surface area contributed by atoms with E-state index in [4.69, 9.17) is 0 Å². The number of hydrogen-bond acceptors (Lipinski definition) is 4. The Kier molecular flexibility index (Phi) is 7.23. The van der Waals surface area contributed by atoms with Crippen LogP contribution < -0.4 is 5.43 Å². The molecule has 0 atom stereocenters. The first kappa shape index (κ1) is 17.6. The third kappa shape index (κ3) is 6.50. The van der Waals surface area contributed by atoms with E-state index in [-0.39, 0.29) is 5.91 Å². The number of hydrogen-bond donors (Lipinski definition) is 1. The molecule has 0 saturated heterocycles. The minimum absolute atomic E-state index is 0.0680. The van der Waals surface area contributed by atoms with Gasteiger partial charge in [-0.15, -0.1) is 23.5 Å². The second-order valence-corrected chi connectivity index (χ2v) is 7.03. The number of carbonyl (C=O) groups excluding carboxylic acids is 1. The van der Waals surface area contributed by atoms with E-state index in [1.165, 1.54) is 15.4 Å². The van der Waals surface area contributed by atoms with Crippen LogP contribution in [0.25, 0.3) is 0 Å². The molecule has 5 heteroatoms. The molecular weight excluding hydrogens is 324 g/mol. The van der Waals surface area contributed by atoms with Crippen LogP contribution in [0.4, 0.5) is 0 Å². The fourth-order valence-corrected chi connectivity index (χ4v) is 3.08. The van der Waals surface area contributed by atoms with Crippen molar-refractivity contribution in [2.24, 2.45) is 5.10 Å². The van der Waals surface area contributed by atoms with Crippen LogP contribution in [0.3, 0.4) is 0 Å². The van der Waals surface area contributed by atoms with Crippen molar-refractivity contribution in [2.75, 3.05) is 12.0 Å². The van der Waals surface area contributed by atoms with E-state index < -0.39 is 0 Å². The van der Waals surface area contributed by atoms with Gasteiger partial charge in [0.1, 0.15) is 0 Å². The van der Waals surface area contributed by atoms with Gasteiger partial charge in [0, 0.05) is 22.0 Å². The quantitative estimate of drug-likeness (QED) is 0.461. The normalized spacial score (nSPS) is 10.9. The summed E-state index contributed by atoms with van der Waals surface area (Å²) in [7, 11) is 0. The zero-order chi connectivity index (χ0) is 16.5. The van der Waals surface area contributed by atoms with Crippen LogP contribution in [0.5, 0.6) is 0 Å². The van der Waals surface area contributed by atoms with Crippen LogP contribution in [0.1, 0.15) is 17.5 Å². The molecule has 1 N–H and O–H groups in total. The molecule has 2 aromatic carbocycles. The molecule has 1 amide bonds. The summed E-state index contributed by atoms with van der Waals surface area (Å²) in [5, 5.41) is 3.99. The highest BCUT2D eigenvalue weighted by Gasteiger charge is 2.00. The number of nitrogens with zero attached hydrogens (tertiary/aromatic N) is 1. The predicted octanol–water partition coefficient (Wildman–Crippen LogP) is 4.35. The average molecular weight is 345 g/mol. The molecule has 0 aliphatic heterocycles.